The Bertz CT molecular complexity index is 925. The topological polar surface area (TPSA) is 95.8 Å². The van der Waals surface area contributed by atoms with Gasteiger partial charge in [-0.15, -0.1) is 0 Å². The number of para-hydroxylation sites is 1. The van der Waals surface area contributed by atoms with E-state index in [4.69, 9.17) is 5.73 Å². The molecular formula is C16H17N5O2. The van der Waals surface area contributed by atoms with Gasteiger partial charge in [0.1, 0.15) is 12.1 Å². The zero-order valence-electron chi connectivity index (χ0n) is 12.9. The van der Waals surface area contributed by atoms with Crippen LogP contribution in [0.25, 0.3) is 16.6 Å². The van der Waals surface area contributed by atoms with Crippen molar-refractivity contribution in [3.8, 4) is 5.69 Å². The Morgan fingerprint density at radius 1 is 1.26 bits per heavy atom. The summed E-state index contributed by atoms with van der Waals surface area (Å²) in [5.41, 5.74) is 6.72. The molecular weight excluding hydrogens is 294 g/mol. The Kier molecular flexibility index (Phi) is 3.69. The average Bonchev–Trinajstić information content (AvgIpc) is 2.95. The van der Waals surface area contributed by atoms with Crippen LogP contribution in [0.2, 0.25) is 0 Å². The Morgan fingerprint density at radius 3 is 2.57 bits per heavy atom. The van der Waals surface area contributed by atoms with E-state index in [0.29, 0.717) is 16.6 Å². The van der Waals surface area contributed by atoms with E-state index in [1.165, 1.54) is 0 Å². The molecule has 0 saturated carbocycles. The van der Waals surface area contributed by atoms with Gasteiger partial charge in [-0.2, -0.15) is 10.2 Å². The highest BCUT2D eigenvalue weighted by Gasteiger charge is 2.19. The molecule has 3 aromatic rings. The molecule has 23 heavy (non-hydrogen) atoms. The van der Waals surface area contributed by atoms with Crippen molar-refractivity contribution in [3.63, 3.8) is 0 Å². The third-order valence-corrected chi connectivity index (χ3v) is 3.56. The predicted octanol–water partition coefficient (Wildman–Crippen LogP) is 1.19. The monoisotopic (exact) mass is 311 g/mol. The predicted molar refractivity (Wildman–Crippen MR) is 86.4 cm³/mol. The highest BCUT2D eigenvalue weighted by atomic mass is 16.2. The van der Waals surface area contributed by atoms with Crippen molar-refractivity contribution in [1.82, 2.24) is 19.6 Å². The number of fused-ring (bicyclic) bond motifs is 1. The molecule has 118 valence electrons. The van der Waals surface area contributed by atoms with E-state index in [1.807, 2.05) is 44.2 Å². The number of nitrogens with two attached hydrogens (primary N) is 1. The third-order valence-electron chi connectivity index (χ3n) is 3.56. The highest BCUT2D eigenvalue weighted by Crippen LogP contribution is 2.22. The minimum Gasteiger partial charge on any atom is -0.368 e. The van der Waals surface area contributed by atoms with Crippen LogP contribution >= 0.6 is 0 Å². The van der Waals surface area contributed by atoms with Gasteiger partial charge in [-0.1, -0.05) is 32.0 Å². The number of carbonyl (C=O) groups is 1. The summed E-state index contributed by atoms with van der Waals surface area (Å²) in [6.07, 6.45) is 1.64. The number of amides is 1. The first-order valence-electron chi connectivity index (χ1n) is 7.31. The average molecular weight is 311 g/mol. The van der Waals surface area contributed by atoms with E-state index < -0.39 is 5.91 Å². The third kappa shape index (κ3) is 2.61. The van der Waals surface area contributed by atoms with E-state index in [9.17, 15) is 9.59 Å². The van der Waals surface area contributed by atoms with E-state index >= 15 is 0 Å². The molecule has 2 N–H and O–H groups in total. The molecule has 0 spiro atoms. The van der Waals surface area contributed by atoms with Crippen LogP contribution in [-0.2, 0) is 11.3 Å². The lowest BCUT2D eigenvalue weighted by Gasteiger charge is -2.11. The van der Waals surface area contributed by atoms with Crippen LogP contribution in [0.3, 0.4) is 0 Å². The maximum atomic E-state index is 12.7. The van der Waals surface area contributed by atoms with Crippen LogP contribution in [0.1, 0.15) is 25.5 Å². The minimum absolute atomic E-state index is 0.0747. The first kappa shape index (κ1) is 15.0. The van der Waals surface area contributed by atoms with Gasteiger partial charge in [0.25, 0.3) is 5.56 Å². The van der Waals surface area contributed by atoms with Gasteiger partial charge in [-0.05, 0) is 18.1 Å². The summed E-state index contributed by atoms with van der Waals surface area (Å²) in [5.74, 6) is -0.537. The maximum Gasteiger partial charge on any atom is 0.293 e. The van der Waals surface area contributed by atoms with Gasteiger partial charge < -0.3 is 5.73 Å². The minimum atomic E-state index is -0.612. The Hall–Kier alpha value is -2.96. The summed E-state index contributed by atoms with van der Waals surface area (Å²) in [5, 5.41) is 9.32. The molecule has 0 aliphatic rings. The smallest absolute Gasteiger partial charge is 0.293 e. The maximum absolute atomic E-state index is 12.7. The van der Waals surface area contributed by atoms with Crippen molar-refractivity contribution in [2.24, 2.45) is 5.73 Å². The second kappa shape index (κ2) is 5.68. The van der Waals surface area contributed by atoms with Crippen LogP contribution in [0.15, 0.2) is 41.3 Å². The van der Waals surface area contributed by atoms with Gasteiger partial charge in [0.2, 0.25) is 5.91 Å². The first-order valence-corrected chi connectivity index (χ1v) is 7.31. The number of hydrogen-bond donors (Lipinski definition) is 1. The molecule has 0 atom stereocenters. The summed E-state index contributed by atoms with van der Waals surface area (Å²) >= 11 is 0. The van der Waals surface area contributed by atoms with Crippen molar-refractivity contribution in [2.75, 3.05) is 0 Å². The number of primary amides is 1. The molecule has 2 heterocycles. The van der Waals surface area contributed by atoms with Crippen molar-refractivity contribution in [3.05, 3.63) is 52.6 Å². The van der Waals surface area contributed by atoms with Crippen LogP contribution in [0, 0.1) is 0 Å². The van der Waals surface area contributed by atoms with Crippen LogP contribution < -0.4 is 11.3 Å². The normalized spacial score (nSPS) is 11.3. The quantitative estimate of drug-likeness (QED) is 0.783. The molecule has 2 aromatic heterocycles. The van der Waals surface area contributed by atoms with Crippen LogP contribution in [0.5, 0.6) is 0 Å². The van der Waals surface area contributed by atoms with Crippen molar-refractivity contribution < 1.29 is 4.79 Å². The van der Waals surface area contributed by atoms with E-state index in [-0.39, 0.29) is 18.0 Å². The number of benzene rings is 1. The zero-order valence-corrected chi connectivity index (χ0v) is 12.9. The zero-order chi connectivity index (χ0) is 16.6. The second-order valence-corrected chi connectivity index (χ2v) is 5.62. The number of carbonyl (C=O) groups excluding carboxylic acids is 1. The van der Waals surface area contributed by atoms with E-state index in [0.717, 1.165) is 10.4 Å². The lowest BCUT2D eigenvalue weighted by Crippen LogP contribution is -2.32. The largest absolute Gasteiger partial charge is 0.368 e. The Labute approximate surface area is 132 Å². The van der Waals surface area contributed by atoms with Gasteiger partial charge in [-0.3, -0.25) is 9.59 Å². The molecule has 1 aromatic carbocycles. The Balaban J connectivity index is 2.35. The van der Waals surface area contributed by atoms with Crippen LogP contribution in [-0.4, -0.2) is 25.5 Å². The SMILES string of the molecule is CC(C)c1nn(CC(N)=O)c(=O)c2c1cnn2-c1ccccc1. The number of hydrogen-bond acceptors (Lipinski definition) is 4. The van der Waals surface area contributed by atoms with E-state index in [2.05, 4.69) is 10.2 Å². The molecule has 0 fully saturated rings. The van der Waals surface area contributed by atoms with Gasteiger partial charge in [-0.25, -0.2) is 9.36 Å². The molecule has 3 rings (SSSR count). The summed E-state index contributed by atoms with van der Waals surface area (Å²) in [6.45, 7) is 3.69. The van der Waals surface area contributed by atoms with Gasteiger partial charge in [0.15, 0.2) is 0 Å². The fourth-order valence-electron chi connectivity index (χ4n) is 2.54. The van der Waals surface area contributed by atoms with Gasteiger partial charge >= 0.3 is 0 Å². The van der Waals surface area contributed by atoms with Crippen LogP contribution in [0.4, 0.5) is 0 Å². The number of rotatable bonds is 4. The number of nitrogens with zero attached hydrogens (tertiary/aromatic N) is 4. The fourth-order valence-corrected chi connectivity index (χ4v) is 2.54. The van der Waals surface area contributed by atoms with Crippen molar-refractivity contribution in [2.45, 2.75) is 26.3 Å². The standard InChI is InChI=1S/C16H17N5O2/c1-10(2)14-12-8-18-21(11-6-4-3-5-7-11)15(12)16(23)20(19-14)9-13(17)22/h3-8,10H,9H2,1-2H3,(H2,17,22). The molecule has 7 heteroatoms. The molecule has 0 bridgehead atoms. The molecule has 0 saturated heterocycles. The fraction of sp³-hybridized carbons (Fsp3) is 0.250. The molecule has 0 aliphatic carbocycles. The van der Waals surface area contributed by atoms with Gasteiger partial charge in [0.05, 0.1) is 17.6 Å². The highest BCUT2D eigenvalue weighted by molar-refractivity contribution is 5.82. The summed E-state index contributed by atoms with van der Waals surface area (Å²) in [6, 6.07) is 9.35. The lowest BCUT2D eigenvalue weighted by atomic mass is 10.1. The summed E-state index contributed by atoms with van der Waals surface area (Å²) in [7, 11) is 0. The molecule has 7 nitrogen and oxygen atoms in total. The van der Waals surface area contributed by atoms with Gasteiger partial charge in [0, 0.05) is 5.39 Å². The number of aromatic nitrogens is 4. The molecule has 0 radical (unpaired) electrons. The molecule has 0 unspecified atom stereocenters. The Morgan fingerprint density at radius 2 is 1.96 bits per heavy atom. The summed E-state index contributed by atoms with van der Waals surface area (Å²) < 4.78 is 2.68. The first-order chi connectivity index (χ1) is 11.0. The van der Waals surface area contributed by atoms with Crippen molar-refractivity contribution in [1.29, 1.82) is 0 Å². The van der Waals surface area contributed by atoms with E-state index in [1.54, 1.807) is 10.9 Å². The molecule has 1 amide bonds. The molecule has 0 aliphatic heterocycles. The lowest BCUT2D eigenvalue weighted by molar-refractivity contribution is -0.118. The summed E-state index contributed by atoms with van der Waals surface area (Å²) in [4.78, 5) is 24.0. The second-order valence-electron chi connectivity index (χ2n) is 5.62. The van der Waals surface area contributed by atoms with Crippen molar-refractivity contribution >= 4 is 16.8 Å².